The van der Waals surface area contributed by atoms with Crippen LogP contribution in [0.2, 0.25) is 0 Å². The number of hydrogen-bond acceptors (Lipinski definition) is 3. The van der Waals surface area contributed by atoms with Gasteiger partial charge in [-0.05, 0) is 41.1 Å². The minimum atomic E-state index is -0.0769. The maximum atomic E-state index is 12.9. The number of nitrogens with zero attached hydrogens (tertiary/aromatic N) is 2. The van der Waals surface area contributed by atoms with E-state index in [9.17, 15) is 4.79 Å². The molecule has 1 aromatic carbocycles. The van der Waals surface area contributed by atoms with Gasteiger partial charge >= 0.3 is 6.03 Å². The van der Waals surface area contributed by atoms with Crippen LogP contribution in [-0.2, 0) is 6.42 Å². The highest BCUT2D eigenvalue weighted by Gasteiger charge is 2.32. The number of carbonyl (C=O) groups is 1. The van der Waals surface area contributed by atoms with Crippen LogP contribution >= 0.6 is 11.3 Å². The number of anilines is 1. The third-order valence-corrected chi connectivity index (χ3v) is 5.27. The fraction of sp³-hybridized carbons (Fsp3) is 0.158. The monoisotopic (exact) mass is 335 g/mol. The molecule has 4 nitrogen and oxygen atoms in total. The predicted molar refractivity (Wildman–Crippen MR) is 96.3 cm³/mol. The van der Waals surface area contributed by atoms with E-state index in [1.165, 1.54) is 10.4 Å². The average molecular weight is 335 g/mol. The molecule has 24 heavy (non-hydrogen) atoms. The summed E-state index contributed by atoms with van der Waals surface area (Å²) in [6.45, 7) is 0.712. The van der Waals surface area contributed by atoms with Gasteiger partial charge in [0.2, 0.25) is 0 Å². The third kappa shape index (κ3) is 2.78. The number of rotatable bonds is 2. The van der Waals surface area contributed by atoms with Crippen molar-refractivity contribution in [2.75, 3.05) is 11.9 Å². The van der Waals surface area contributed by atoms with Gasteiger partial charge in [-0.3, -0.25) is 4.98 Å². The molecular formula is C19H17N3OS. The van der Waals surface area contributed by atoms with Gasteiger partial charge in [-0.1, -0.05) is 30.3 Å². The van der Waals surface area contributed by atoms with Crippen molar-refractivity contribution in [2.45, 2.75) is 12.5 Å². The van der Waals surface area contributed by atoms with Gasteiger partial charge in [0.05, 0.1) is 6.04 Å². The lowest BCUT2D eigenvalue weighted by atomic mass is 9.93. The Hall–Kier alpha value is -2.66. The fourth-order valence-electron chi connectivity index (χ4n) is 3.16. The summed E-state index contributed by atoms with van der Waals surface area (Å²) >= 11 is 1.77. The molecule has 1 aliphatic rings. The summed E-state index contributed by atoms with van der Waals surface area (Å²) in [6, 6.07) is 15.9. The SMILES string of the molecule is O=C(Nc1ccncc1)N1CCc2sccc2[C@H]1c1ccccc1. The lowest BCUT2D eigenvalue weighted by molar-refractivity contribution is 0.194. The Kier molecular flexibility index (Phi) is 4.01. The fourth-order valence-corrected chi connectivity index (χ4v) is 4.06. The van der Waals surface area contributed by atoms with Crippen LogP contribution in [0.15, 0.2) is 66.3 Å². The van der Waals surface area contributed by atoms with Crippen LogP contribution in [0.25, 0.3) is 0 Å². The predicted octanol–water partition coefficient (Wildman–Crippen LogP) is 4.32. The summed E-state index contributed by atoms with van der Waals surface area (Å²) in [5.41, 5.74) is 3.14. The van der Waals surface area contributed by atoms with E-state index in [4.69, 9.17) is 0 Å². The number of pyridine rings is 1. The number of hydrogen-bond donors (Lipinski definition) is 1. The summed E-state index contributed by atoms with van der Waals surface area (Å²) in [6.07, 6.45) is 4.26. The molecule has 1 N–H and O–H groups in total. The zero-order chi connectivity index (χ0) is 16.4. The number of nitrogens with one attached hydrogen (secondary N) is 1. The van der Waals surface area contributed by atoms with Crippen LogP contribution in [0.4, 0.5) is 10.5 Å². The minimum absolute atomic E-state index is 0.0389. The third-order valence-electron chi connectivity index (χ3n) is 4.27. The van der Waals surface area contributed by atoms with Crippen molar-refractivity contribution in [3.8, 4) is 0 Å². The standard InChI is InChI=1S/C19H17N3OS/c23-19(21-15-6-10-20-11-7-15)22-12-8-17-16(9-13-24-17)18(22)14-4-2-1-3-5-14/h1-7,9-11,13,18H,8,12H2,(H,20,21,23)/t18-/m1/s1. The van der Waals surface area contributed by atoms with Gasteiger partial charge in [0.1, 0.15) is 0 Å². The Balaban J connectivity index is 1.67. The average Bonchev–Trinajstić information content (AvgIpc) is 3.11. The highest BCUT2D eigenvalue weighted by molar-refractivity contribution is 7.10. The van der Waals surface area contributed by atoms with Crippen molar-refractivity contribution < 1.29 is 4.79 Å². The van der Waals surface area contributed by atoms with Crippen molar-refractivity contribution in [2.24, 2.45) is 0 Å². The van der Waals surface area contributed by atoms with E-state index in [1.54, 1.807) is 35.9 Å². The van der Waals surface area contributed by atoms with E-state index in [0.29, 0.717) is 6.54 Å². The van der Waals surface area contributed by atoms with Crippen molar-refractivity contribution in [1.82, 2.24) is 9.88 Å². The number of carbonyl (C=O) groups excluding carboxylic acids is 1. The largest absolute Gasteiger partial charge is 0.322 e. The molecule has 2 aromatic heterocycles. The lowest BCUT2D eigenvalue weighted by Gasteiger charge is -2.36. The normalized spacial score (nSPS) is 16.5. The highest BCUT2D eigenvalue weighted by Crippen LogP contribution is 2.37. The maximum Gasteiger partial charge on any atom is 0.322 e. The van der Waals surface area contributed by atoms with Crippen molar-refractivity contribution in [1.29, 1.82) is 0 Å². The first-order chi connectivity index (χ1) is 11.8. The molecule has 120 valence electrons. The first-order valence-electron chi connectivity index (χ1n) is 7.92. The van der Waals surface area contributed by atoms with E-state index in [2.05, 4.69) is 33.9 Å². The Morgan fingerprint density at radius 2 is 1.92 bits per heavy atom. The van der Waals surface area contributed by atoms with Crippen LogP contribution in [0.1, 0.15) is 22.0 Å². The molecule has 0 saturated heterocycles. The molecule has 0 saturated carbocycles. The number of thiophene rings is 1. The van der Waals surface area contributed by atoms with E-state index >= 15 is 0 Å². The van der Waals surface area contributed by atoms with Crippen LogP contribution < -0.4 is 5.32 Å². The first kappa shape index (κ1) is 14.9. The van der Waals surface area contributed by atoms with Crippen molar-refractivity contribution >= 4 is 23.1 Å². The number of amides is 2. The van der Waals surface area contributed by atoms with Gasteiger partial charge in [0, 0.05) is 29.5 Å². The van der Waals surface area contributed by atoms with Crippen molar-refractivity contribution in [3.05, 3.63) is 82.3 Å². The molecule has 0 spiro atoms. The second-order valence-electron chi connectivity index (χ2n) is 5.72. The Bertz CT molecular complexity index is 832. The molecule has 1 atom stereocenters. The summed E-state index contributed by atoms with van der Waals surface area (Å²) in [5.74, 6) is 0. The van der Waals surface area contributed by atoms with Gasteiger partial charge in [0.15, 0.2) is 0 Å². The number of aromatic nitrogens is 1. The number of benzene rings is 1. The second kappa shape index (κ2) is 6.45. The molecule has 0 aliphatic carbocycles. The van der Waals surface area contributed by atoms with E-state index < -0.39 is 0 Å². The van der Waals surface area contributed by atoms with Crippen LogP contribution in [0, 0.1) is 0 Å². The molecule has 0 unspecified atom stereocenters. The Labute approximate surface area is 144 Å². The molecule has 1 aliphatic heterocycles. The minimum Gasteiger partial charge on any atom is -0.313 e. The van der Waals surface area contributed by atoms with Crippen LogP contribution in [-0.4, -0.2) is 22.5 Å². The lowest BCUT2D eigenvalue weighted by Crippen LogP contribution is -2.42. The Morgan fingerprint density at radius 1 is 1.12 bits per heavy atom. The van der Waals surface area contributed by atoms with Gasteiger partial charge < -0.3 is 10.2 Å². The molecule has 0 fully saturated rings. The Morgan fingerprint density at radius 3 is 2.71 bits per heavy atom. The molecule has 5 heteroatoms. The highest BCUT2D eigenvalue weighted by atomic mass is 32.1. The van der Waals surface area contributed by atoms with E-state index in [0.717, 1.165) is 17.7 Å². The molecule has 0 bridgehead atoms. The van der Waals surface area contributed by atoms with E-state index in [1.807, 2.05) is 23.1 Å². The molecule has 3 heterocycles. The molecule has 3 aromatic rings. The summed E-state index contributed by atoms with van der Waals surface area (Å²) in [4.78, 5) is 20.2. The molecule has 2 amide bonds. The maximum absolute atomic E-state index is 12.9. The van der Waals surface area contributed by atoms with Gasteiger partial charge in [0.25, 0.3) is 0 Å². The van der Waals surface area contributed by atoms with Crippen molar-refractivity contribution in [3.63, 3.8) is 0 Å². The van der Waals surface area contributed by atoms with E-state index in [-0.39, 0.29) is 12.1 Å². The zero-order valence-corrected chi connectivity index (χ0v) is 13.9. The van der Waals surface area contributed by atoms with Crippen LogP contribution in [0.5, 0.6) is 0 Å². The molecule has 4 rings (SSSR count). The number of urea groups is 1. The zero-order valence-electron chi connectivity index (χ0n) is 13.1. The van der Waals surface area contributed by atoms with Gasteiger partial charge in [-0.15, -0.1) is 11.3 Å². The topological polar surface area (TPSA) is 45.2 Å². The summed E-state index contributed by atoms with van der Waals surface area (Å²) in [7, 11) is 0. The molecule has 0 radical (unpaired) electrons. The van der Waals surface area contributed by atoms with Crippen LogP contribution in [0.3, 0.4) is 0 Å². The smallest absolute Gasteiger partial charge is 0.313 e. The first-order valence-corrected chi connectivity index (χ1v) is 8.80. The van der Waals surface area contributed by atoms with Gasteiger partial charge in [-0.25, -0.2) is 4.79 Å². The second-order valence-corrected chi connectivity index (χ2v) is 6.72. The summed E-state index contributed by atoms with van der Waals surface area (Å²) < 4.78 is 0. The summed E-state index contributed by atoms with van der Waals surface area (Å²) in [5, 5.41) is 5.10. The van der Waals surface area contributed by atoms with Gasteiger partial charge in [-0.2, -0.15) is 0 Å². The quantitative estimate of drug-likeness (QED) is 0.758. The molecular weight excluding hydrogens is 318 g/mol. The number of fused-ring (bicyclic) bond motifs is 1.